The lowest BCUT2D eigenvalue weighted by atomic mass is 9.89. The van der Waals surface area contributed by atoms with Gasteiger partial charge in [-0.1, -0.05) is 13.8 Å². The molecule has 0 radical (unpaired) electrons. The predicted molar refractivity (Wildman–Crippen MR) is 67.6 cm³/mol. The molecule has 0 aromatic carbocycles. The number of aromatic carboxylic acids is 1. The quantitative estimate of drug-likeness (QED) is 0.694. The molecule has 0 saturated carbocycles. The van der Waals surface area contributed by atoms with Crippen LogP contribution in [0.4, 0.5) is 0 Å². The van der Waals surface area contributed by atoms with Crippen molar-refractivity contribution < 1.29 is 19.4 Å². The number of carboxylic acids is 1. The van der Waals surface area contributed by atoms with Crippen LogP contribution in [-0.4, -0.2) is 29.3 Å². The average molecular weight is 255 g/mol. The van der Waals surface area contributed by atoms with Gasteiger partial charge in [-0.2, -0.15) is 0 Å². The second-order valence-corrected chi connectivity index (χ2v) is 5.25. The van der Waals surface area contributed by atoms with E-state index in [0.717, 1.165) is 6.54 Å². The minimum absolute atomic E-state index is 0.00870. The van der Waals surface area contributed by atoms with Crippen molar-refractivity contribution >= 4 is 5.97 Å². The van der Waals surface area contributed by atoms with Crippen molar-refractivity contribution in [2.24, 2.45) is 5.41 Å². The predicted octanol–water partition coefficient (Wildman–Crippen LogP) is 2.04. The first-order valence-corrected chi connectivity index (χ1v) is 6.03. The maximum absolute atomic E-state index is 10.7. The van der Waals surface area contributed by atoms with Gasteiger partial charge < -0.3 is 19.9 Å². The molecule has 1 aromatic heterocycles. The van der Waals surface area contributed by atoms with Gasteiger partial charge in [-0.15, -0.1) is 0 Å². The summed E-state index contributed by atoms with van der Waals surface area (Å²) >= 11 is 0. The largest absolute Gasteiger partial charge is 0.475 e. The van der Waals surface area contributed by atoms with Gasteiger partial charge in [0, 0.05) is 13.2 Å². The van der Waals surface area contributed by atoms with Crippen molar-refractivity contribution in [1.29, 1.82) is 0 Å². The van der Waals surface area contributed by atoms with Gasteiger partial charge in [0.25, 0.3) is 0 Å². The summed E-state index contributed by atoms with van der Waals surface area (Å²) in [5, 5.41) is 21.0. The Labute approximate surface area is 107 Å². The molecule has 0 aliphatic carbocycles. The Morgan fingerprint density at radius 2 is 2.17 bits per heavy atom. The van der Waals surface area contributed by atoms with Crippen LogP contribution < -0.4 is 5.32 Å². The Balaban J connectivity index is 2.54. The second kappa shape index (κ2) is 6.02. The maximum atomic E-state index is 10.7. The van der Waals surface area contributed by atoms with Crippen LogP contribution in [0.2, 0.25) is 0 Å². The number of carboxylic acid groups (broad SMARTS) is 1. The fourth-order valence-corrected chi connectivity index (χ4v) is 1.62. The van der Waals surface area contributed by atoms with E-state index in [1.165, 1.54) is 6.07 Å². The van der Waals surface area contributed by atoms with Crippen molar-refractivity contribution in [3.8, 4) is 0 Å². The first kappa shape index (κ1) is 14.7. The highest BCUT2D eigenvalue weighted by Gasteiger charge is 2.20. The van der Waals surface area contributed by atoms with Gasteiger partial charge >= 0.3 is 5.97 Å². The fraction of sp³-hybridized carbons (Fsp3) is 0.615. The molecule has 18 heavy (non-hydrogen) atoms. The normalized spacial score (nSPS) is 13.6. The van der Waals surface area contributed by atoms with Gasteiger partial charge in [0.1, 0.15) is 5.76 Å². The van der Waals surface area contributed by atoms with Crippen molar-refractivity contribution in [2.45, 2.75) is 33.2 Å². The van der Waals surface area contributed by atoms with Crippen LogP contribution in [0, 0.1) is 5.41 Å². The van der Waals surface area contributed by atoms with Crippen molar-refractivity contribution in [1.82, 2.24) is 5.32 Å². The summed E-state index contributed by atoms with van der Waals surface area (Å²) in [6, 6.07) is 3.06. The molecule has 0 bridgehead atoms. The van der Waals surface area contributed by atoms with E-state index in [1.54, 1.807) is 6.07 Å². The molecule has 5 heteroatoms. The van der Waals surface area contributed by atoms with Gasteiger partial charge in [0.2, 0.25) is 5.76 Å². The zero-order chi connectivity index (χ0) is 13.8. The Kier molecular flexibility index (Phi) is 4.93. The molecule has 0 aliphatic rings. The summed E-state index contributed by atoms with van der Waals surface area (Å²) in [6.07, 6.45) is 0.714. The number of aliphatic hydroxyl groups excluding tert-OH is 1. The van der Waals surface area contributed by atoms with E-state index in [2.05, 4.69) is 19.2 Å². The van der Waals surface area contributed by atoms with E-state index in [0.29, 0.717) is 12.2 Å². The summed E-state index contributed by atoms with van der Waals surface area (Å²) in [5.41, 5.74) is -0.00870. The molecular weight excluding hydrogens is 234 g/mol. The van der Waals surface area contributed by atoms with Crippen molar-refractivity contribution in [2.75, 3.05) is 13.2 Å². The minimum atomic E-state index is -1.06. The molecule has 0 saturated heterocycles. The highest BCUT2D eigenvalue weighted by atomic mass is 16.4. The minimum Gasteiger partial charge on any atom is -0.475 e. The van der Waals surface area contributed by atoms with Crippen LogP contribution in [0.25, 0.3) is 0 Å². The van der Waals surface area contributed by atoms with Crippen LogP contribution in [0.1, 0.15) is 49.5 Å². The third-order valence-corrected chi connectivity index (χ3v) is 2.94. The van der Waals surface area contributed by atoms with E-state index in [-0.39, 0.29) is 23.8 Å². The molecule has 102 valence electrons. The monoisotopic (exact) mass is 255 g/mol. The number of hydrogen-bond donors (Lipinski definition) is 3. The summed E-state index contributed by atoms with van der Waals surface area (Å²) < 4.78 is 5.22. The topological polar surface area (TPSA) is 82.7 Å². The molecule has 1 aromatic rings. The third kappa shape index (κ3) is 4.16. The Morgan fingerprint density at radius 1 is 1.50 bits per heavy atom. The number of carbonyl (C=O) groups is 1. The summed E-state index contributed by atoms with van der Waals surface area (Å²) in [6.45, 7) is 6.92. The molecule has 5 nitrogen and oxygen atoms in total. The van der Waals surface area contributed by atoms with E-state index in [1.807, 2.05) is 6.92 Å². The van der Waals surface area contributed by atoms with E-state index in [9.17, 15) is 4.79 Å². The van der Waals surface area contributed by atoms with E-state index in [4.69, 9.17) is 14.6 Å². The van der Waals surface area contributed by atoms with Gasteiger partial charge in [0.05, 0.1) is 6.04 Å². The molecule has 0 spiro atoms. The van der Waals surface area contributed by atoms with Gasteiger partial charge in [-0.3, -0.25) is 0 Å². The van der Waals surface area contributed by atoms with Crippen molar-refractivity contribution in [3.63, 3.8) is 0 Å². The highest BCUT2D eigenvalue weighted by molar-refractivity contribution is 5.84. The second-order valence-electron chi connectivity index (χ2n) is 5.25. The molecule has 0 amide bonds. The number of rotatable bonds is 7. The highest BCUT2D eigenvalue weighted by Crippen LogP contribution is 2.21. The Hall–Kier alpha value is -1.33. The van der Waals surface area contributed by atoms with Crippen molar-refractivity contribution in [3.05, 3.63) is 23.7 Å². The number of nitrogens with one attached hydrogen (secondary N) is 1. The van der Waals surface area contributed by atoms with Gasteiger partial charge in [-0.25, -0.2) is 4.79 Å². The van der Waals surface area contributed by atoms with E-state index >= 15 is 0 Å². The first-order valence-electron chi connectivity index (χ1n) is 6.03. The first-order chi connectivity index (χ1) is 8.35. The fourth-order valence-electron chi connectivity index (χ4n) is 1.62. The molecule has 3 N–H and O–H groups in total. The molecule has 1 unspecified atom stereocenters. The molecular formula is C13H21NO4. The third-order valence-electron chi connectivity index (χ3n) is 2.94. The van der Waals surface area contributed by atoms with Crippen LogP contribution in [0.5, 0.6) is 0 Å². The standard InChI is InChI=1S/C13H21NO4/c1-9(14-8-13(2,3)6-7-15)10-4-5-11(18-10)12(16)17/h4-5,9,14-15H,6-8H2,1-3H3,(H,16,17). The van der Waals surface area contributed by atoms with Gasteiger partial charge in [0.15, 0.2) is 0 Å². The lowest BCUT2D eigenvalue weighted by molar-refractivity contribution is 0.0659. The zero-order valence-corrected chi connectivity index (χ0v) is 11.1. The smallest absolute Gasteiger partial charge is 0.371 e. The average Bonchev–Trinajstić information content (AvgIpc) is 2.75. The SMILES string of the molecule is CC(NCC(C)(C)CCO)c1ccc(C(=O)O)o1. The number of furan rings is 1. The van der Waals surface area contributed by atoms with Crippen LogP contribution in [-0.2, 0) is 0 Å². The molecule has 1 rings (SSSR count). The Bertz CT molecular complexity index is 397. The van der Waals surface area contributed by atoms with E-state index < -0.39 is 5.97 Å². The van der Waals surface area contributed by atoms with Crippen LogP contribution in [0.3, 0.4) is 0 Å². The zero-order valence-electron chi connectivity index (χ0n) is 11.1. The van der Waals surface area contributed by atoms with Crippen LogP contribution in [0.15, 0.2) is 16.5 Å². The van der Waals surface area contributed by atoms with Gasteiger partial charge in [-0.05, 0) is 30.9 Å². The lowest BCUT2D eigenvalue weighted by Gasteiger charge is -2.25. The summed E-state index contributed by atoms with van der Waals surface area (Å²) in [4.78, 5) is 10.7. The van der Waals surface area contributed by atoms with Crippen LogP contribution >= 0.6 is 0 Å². The summed E-state index contributed by atoms with van der Waals surface area (Å²) in [7, 11) is 0. The maximum Gasteiger partial charge on any atom is 0.371 e. The molecule has 0 aliphatic heterocycles. The number of aliphatic hydroxyl groups is 1. The Morgan fingerprint density at radius 3 is 2.67 bits per heavy atom. The molecule has 1 heterocycles. The lowest BCUT2D eigenvalue weighted by Crippen LogP contribution is -2.31. The molecule has 0 fully saturated rings. The number of hydrogen-bond acceptors (Lipinski definition) is 4. The summed E-state index contributed by atoms with van der Waals surface area (Å²) in [5.74, 6) is -0.505. The molecule has 1 atom stereocenters.